The number of hydrogen-bond acceptors (Lipinski definition) is 3. The van der Waals surface area contributed by atoms with Crippen molar-refractivity contribution in [2.24, 2.45) is 0 Å². The van der Waals surface area contributed by atoms with Crippen molar-refractivity contribution >= 4 is 28.7 Å². The van der Waals surface area contributed by atoms with Gasteiger partial charge in [0.1, 0.15) is 0 Å². The van der Waals surface area contributed by atoms with E-state index in [9.17, 15) is 13.6 Å². The second-order valence-electron chi connectivity index (χ2n) is 4.55. The first kappa shape index (κ1) is 13.0. The van der Waals surface area contributed by atoms with Crippen LogP contribution in [0.2, 0.25) is 5.15 Å². The van der Waals surface area contributed by atoms with Gasteiger partial charge in [-0.3, -0.25) is 4.57 Å². The van der Waals surface area contributed by atoms with Crippen LogP contribution < -0.4 is 0 Å². The molecule has 106 valence electrons. The summed E-state index contributed by atoms with van der Waals surface area (Å²) in [5.41, 5.74) is 0.400. The maximum Gasteiger partial charge on any atom is 0.407 e. The van der Waals surface area contributed by atoms with Crippen molar-refractivity contribution in [2.75, 3.05) is 13.1 Å². The van der Waals surface area contributed by atoms with Crippen molar-refractivity contribution in [2.45, 2.75) is 12.5 Å². The SMILES string of the molecule is O=C(O)N1CC(c2cc3cc(Cl)nnc3n2C(F)F)C1. The Morgan fingerprint density at radius 3 is 2.70 bits per heavy atom. The number of aromatic nitrogens is 3. The summed E-state index contributed by atoms with van der Waals surface area (Å²) in [6, 6.07) is 3.02. The highest BCUT2D eigenvalue weighted by atomic mass is 35.5. The molecule has 0 spiro atoms. The van der Waals surface area contributed by atoms with Gasteiger partial charge in [0.2, 0.25) is 0 Å². The number of carbonyl (C=O) groups is 1. The van der Waals surface area contributed by atoms with Crippen molar-refractivity contribution in [3.05, 3.63) is 23.0 Å². The minimum absolute atomic E-state index is 0.0492. The summed E-state index contributed by atoms with van der Waals surface area (Å²) in [7, 11) is 0. The van der Waals surface area contributed by atoms with E-state index in [-0.39, 0.29) is 29.8 Å². The molecule has 0 radical (unpaired) electrons. The van der Waals surface area contributed by atoms with Gasteiger partial charge in [0.15, 0.2) is 10.8 Å². The van der Waals surface area contributed by atoms with Gasteiger partial charge in [-0.25, -0.2) is 4.79 Å². The number of amides is 1. The van der Waals surface area contributed by atoms with E-state index in [1.54, 1.807) is 6.07 Å². The van der Waals surface area contributed by atoms with E-state index in [1.165, 1.54) is 6.07 Å². The fraction of sp³-hybridized carbons (Fsp3) is 0.364. The molecule has 1 fully saturated rings. The lowest BCUT2D eigenvalue weighted by molar-refractivity contribution is 0.0623. The fourth-order valence-electron chi connectivity index (χ4n) is 2.36. The van der Waals surface area contributed by atoms with E-state index >= 15 is 0 Å². The molecule has 0 bridgehead atoms. The first-order valence-electron chi connectivity index (χ1n) is 5.77. The van der Waals surface area contributed by atoms with Crippen molar-refractivity contribution in [3.63, 3.8) is 0 Å². The minimum Gasteiger partial charge on any atom is -0.465 e. The van der Waals surface area contributed by atoms with Gasteiger partial charge in [0, 0.05) is 30.1 Å². The molecule has 20 heavy (non-hydrogen) atoms. The molecule has 9 heteroatoms. The molecule has 0 aromatic carbocycles. The summed E-state index contributed by atoms with van der Waals surface area (Å²) in [4.78, 5) is 11.9. The number of hydrogen-bond donors (Lipinski definition) is 1. The molecule has 2 aromatic heterocycles. The quantitative estimate of drug-likeness (QED) is 0.925. The Balaban J connectivity index is 2.02. The van der Waals surface area contributed by atoms with E-state index in [2.05, 4.69) is 10.2 Å². The Morgan fingerprint density at radius 2 is 2.10 bits per heavy atom. The van der Waals surface area contributed by atoms with Crippen LogP contribution in [0.15, 0.2) is 12.1 Å². The Hall–Kier alpha value is -1.96. The largest absolute Gasteiger partial charge is 0.465 e. The zero-order chi connectivity index (χ0) is 14.4. The minimum atomic E-state index is -2.77. The van der Waals surface area contributed by atoms with Gasteiger partial charge in [0.25, 0.3) is 0 Å². The van der Waals surface area contributed by atoms with E-state index in [0.29, 0.717) is 11.1 Å². The summed E-state index contributed by atoms with van der Waals surface area (Å²) < 4.78 is 27.2. The maximum atomic E-state index is 13.2. The van der Waals surface area contributed by atoms with Gasteiger partial charge in [-0.15, -0.1) is 10.2 Å². The Morgan fingerprint density at radius 1 is 1.40 bits per heavy atom. The van der Waals surface area contributed by atoms with Crippen LogP contribution in [0.1, 0.15) is 18.2 Å². The Bertz CT molecular complexity index is 684. The average molecular weight is 303 g/mol. The second kappa shape index (κ2) is 4.55. The second-order valence-corrected chi connectivity index (χ2v) is 4.93. The van der Waals surface area contributed by atoms with Crippen molar-refractivity contribution < 1.29 is 18.7 Å². The third kappa shape index (κ3) is 1.96. The molecule has 0 unspecified atom stereocenters. The lowest BCUT2D eigenvalue weighted by Gasteiger charge is -2.37. The van der Waals surface area contributed by atoms with Gasteiger partial charge in [-0.1, -0.05) is 11.6 Å². The van der Waals surface area contributed by atoms with E-state index in [1.807, 2.05) is 0 Å². The smallest absolute Gasteiger partial charge is 0.407 e. The van der Waals surface area contributed by atoms with Gasteiger partial charge in [-0.2, -0.15) is 8.78 Å². The summed E-state index contributed by atoms with van der Waals surface area (Å²) in [6.07, 6.45) is -1.05. The van der Waals surface area contributed by atoms with E-state index in [4.69, 9.17) is 16.7 Å². The van der Waals surface area contributed by atoms with Crippen LogP contribution in [0.25, 0.3) is 11.0 Å². The zero-order valence-electron chi connectivity index (χ0n) is 10.0. The maximum absolute atomic E-state index is 13.2. The standard InChI is InChI=1S/C11H9ClF2N4O2/c12-8-2-5-1-7(6-3-17(4-6)11(19)20)18(10(13)14)9(5)16-15-8/h1-2,6,10H,3-4H2,(H,19,20). The van der Waals surface area contributed by atoms with Crippen LogP contribution in [0, 0.1) is 0 Å². The molecule has 3 heterocycles. The normalized spacial score (nSPS) is 15.9. The highest BCUT2D eigenvalue weighted by Gasteiger charge is 2.35. The van der Waals surface area contributed by atoms with E-state index < -0.39 is 12.6 Å². The van der Waals surface area contributed by atoms with Crippen molar-refractivity contribution in [3.8, 4) is 0 Å². The number of nitrogens with zero attached hydrogens (tertiary/aromatic N) is 4. The summed E-state index contributed by atoms with van der Waals surface area (Å²) in [5, 5.41) is 16.6. The fourth-order valence-corrected chi connectivity index (χ4v) is 2.52. The first-order valence-corrected chi connectivity index (χ1v) is 6.15. The zero-order valence-corrected chi connectivity index (χ0v) is 10.8. The van der Waals surface area contributed by atoms with Crippen LogP contribution in [-0.4, -0.2) is 44.0 Å². The molecule has 0 aliphatic carbocycles. The molecule has 1 aliphatic rings. The molecule has 1 amide bonds. The van der Waals surface area contributed by atoms with Crippen LogP contribution in [-0.2, 0) is 0 Å². The number of carboxylic acid groups (broad SMARTS) is 1. The van der Waals surface area contributed by atoms with Crippen LogP contribution in [0.4, 0.5) is 13.6 Å². The highest BCUT2D eigenvalue weighted by molar-refractivity contribution is 6.29. The molecular weight excluding hydrogens is 294 g/mol. The molecule has 1 aliphatic heterocycles. The Kier molecular flexibility index (Phi) is 2.97. The predicted octanol–water partition coefficient (Wildman–Crippen LogP) is 2.56. The molecule has 1 N–H and O–H groups in total. The monoisotopic (exact) mass is 302 g/mol. The lowest BCUT2D eigenvalue weighted by Crippen LogP contribution is -2.48. The average Bonchev–Trinajstić information content (AvgIpc) is 2.64. The number of rotatable bonds is 2. The summed E-state index contributed by atoms with van der Waals surface area (Å²) in [6.45, 7) is -2.38. The van der Waals surface area contributed by atoms with Gasteiger partial charge in [0.05, 0.1) is 0 Å². The van der Waals surface area contributed by atoms with Gasteiger partial charge in [-0.05, 0) is 12.1 Å². The summed E-state index contributed by atoms with van der Waals surface area (Å²) in [5.74, 6) is -0.270. The van der Waals surface area contributed by atoms with E-state index in [0.717, 1.165) is 9.47 Å². The van der Waals surface area contributed by atoms with Crippen LogP contribution >= 0.6 is 11.6 Å². The topological polar surface area (TPSA) is 71.2 Å². The molecule has 0 atom stereocenters. The first-order chi connectivity index (χ1) is 9.47. The Labute approximate surface area is 116 Å². The van der Waals surface area contributed by atoms with Gasteiger partial charge >= 0.3 is 12.6 Å². The molecular formula is C11H9ClF2N4O2. The van der Waals surface area contributed by atoms with Crippen LogP contribution in [0.5, 0.6) is 0 Å². The third-order valence-corrected chi connectivity index (χ3v) is 3.53. The molecule has 6 nitrogen and oxygen atoms in total. The predicted molar refractivity (Wildman–Crippen MR) is 66.1 cm³/mol. The van der Waals surface area contributed by atoms with Crippen molar-refractivity contribution in [1.29, 1.82) is 0 Å². The lowest BCUT2D eigenvalue weighted by atomic mass is 9.97. The number of halogens is 3. The third-order valence-electron chi connectivity index (χ3n) is 3.35. The molecule has 2 aromatic rings. The van der Waals surface area contributed by atoms with Crippen LogP contribution in [0.3, 0.4) is 0 Å². The molecule has 0 saturated carbocycles. The molecule has 3 rings (SSSR count). The number of likely N-dealkylation sites (tertiary alicyclic amines) is 1. The molecule has 1 saturated heterocycles. The highest BCUT2D eigenvalue weighted by Crippen LogP contribution is 2.34. The number of fused-ring (bicyclic) bond motifs is 1. The summed E-state index contributed by atoms with van der Waals surface area (Å²) >= 11 is 5.70. The number of alkyl halides is 2. The van der Waals surface area contributed by atoms with Crippen molar-refractivity contribution in [1.82, 2.24) is 19.7 Å². The van der Waals surface area contributed by atoms with Gasteiger partial charge < -0.3 is 10.0 Å².